The maximum absolute atomic E-state index is 12.8. The number of benzene rings is 1. The average Bonchev–Trinajstić information content (AvgIpc) is 3.27. The first-order valence-electron chi connectivity index (χ1n) is 9.05. The van der Waals surface area contributed by atoms with Crippen molar-refractivity contribution in [2.24, 2.45) is 0 Å². The van der Waals surface area contributed by atoms with Gasteiger partial charge >= 0.3 is 6.18 Å². The number of thioether (sulfide) groups is 1. The van der Waals surface area contributed by atoms with Gasteiger partial charge in [0.25, 0.3) is 0 Å². The quantitative estimate of drug-likeness (QED) is 0.623. The number of carbonyl (C=O) groups excluding carboxylic acids is 2. The lowest BCUT2D eigenvalue weighted by molar-refractivity contribution is -0.137. The molecule has 12 heteroatoms. The second kappa shape index (κ2) is 8.38. The molecule has 0 radical (unpaired) electrons. The maximum atomic E-state index is 12.8. The molecule has 3 aromatic rings. The number of alkyl halides is 3. The number of halogens is 3. The fourth-order valence-electron chi connectivity index (χ4n) is 2.89. The number of rotatable bonds is 5. The Morgan fingerprint density at radius 3 is 2.77 bits per heavy atom. The van der Waals surface area contributed by atoms with E-state index < -0.39 is 22.9 Å². The van der Waals surface area contributed by atoms with E-state index in [4.69, 9.17) is 0 Å². The molecule has 1 unspecified atom stereocenters. The van der Waals surface area contributed by atoms with Gasteiger partial charge in [-0.15, -0.1) is 11.8 Å². The summed E-state index contributed by atoms with van der Waals surface area (Å²) in [5.41, 5.74) is 0.00908. The van der Waals surface area contributed by atoms with Crippen molar-refractivity contribution in [2.75, 3.05) is 5.32 Å². The zero-order valence-corrected chi connectivity index (χ0v) is 16.6. The topological polar surface area (TPSA) is 102 Å². The molecule has 3 heterocycles. The highest BCUT2D eigenvalue weighted by molar-refractivity contribution is 8.01. The smallest absolute Gasteiger partial charge is 0.352 e. The van der Waals surface area contributed by atoms with Gasteiger partial charge < -0.3 is 10.6 Å². The number of carbonyl (C=O) groups is 2. The van der Waals surface area contributed by atoms with E-state index in [1.165, 1.54) is 23.4 Å². The first kappa shape index (κ1) is 20.8. The summed E-state index contributed by atoms with van der Waals surface area (Å²) in [7, 11) is 0. The van der Waals surface area contributed by atoms with Gasteiger partial charge in [0.2, 0.25) is 11.8 Å². The van der Waals surface area contributed by atoms with Crippen LogP contribution in [-0.4, -0.2) is 36.8 Å². The first-order valence-corrected chi connectivity index (χ1v) is 9.93. The highest BCUT2D eigenvalue weighted by atomic mass is 32.2. The van der Waals surface area contributed by atoms with Gasteiger partial charge in [-0.05, 0) is 29.8 Å². The Hall–Kier alpha value is -3.41. The van der Waals surface area contributed by atoms with Crippen molar-refractivity contribution < 1.29 is 22.8 Å². The van der Waals surface area contributed by atoms with Gasteiger partial charge in [-0.1, -0.05) is 6.07 Å². The number of hydrogen-bond donors (Lipinski definition) is 2. The van der Waals surface area contributed by atoms with E-state index in [0.717, 1.165) is 29.5 Å². The van der Waals surface area contributed by atoms with Gasteiger partial charge in [0.15, 0.2) is 5.82 Å². The van der Waals surface area contributed by atoms with Crippen molar-refractivity contribution in [3.05, 3.63) is 60.3 Å². The van der Waals surface area contributed by atoms with Gasteiger partial charge in [0.05, 0.1) is 16.5 Å². The summed E-state index contributed by atoms with van der Waals surface area (Å²) in [6.07, 6.45) is -0.111. The van der Waals surface area contributed by atoms with Gasteiger partial charge in [0.1, 0.15) is 12.7 Å². The monoisotopic (exact) mass is 448 g/mol. The molecule has 1 aliphatic heterocycles. The minimum Gasteiger partial charge on any atom is -0.352 e. The van der Waals surface area contributed by atoms with Gasteiger partial charge in [-0.25, -0.2) is 14.6 Å². The van der Waals surface area contributed by atoms with Crippen molar-refractivity contribution in [3.63, 3.8) is 0 Å². The van der Waals surface area contributed by atoms with E-state index in [2.05, 4.69) is 25.7 Å². The SMILES string of the molecule is O=C(CC1Sc2ccc(C(F)(F)F)cc2NC1=O)NCc1ccc(-n2cncn2)nc1. The molecule has 2 aromatic heterocycles. The number of pyridine rings is 1. The van der Waals surface area contributed by atoms with E-state index in [0.29, 0.717) is 10.7 Å². The lowest BCUT2D eigenvalue weighted by Gasteiger charge is -2.24. The Labute approximate surface area is 178 Å². The van der Waals surface area contributed by atoms with E-state index >= 15 is 0 Å². The Bertz CT molecular complexity index is 1100. The molecule has 0 aliphatic carbocycles. The molecule has 1 aliphatic rings. The summed E-state index contributed by atoms with van der Waals surface area (Å²) in [6.45, 7) is 0.216. The van der Waals surface area contributed by atoms with Crippen LogP contribution in [0, 0.1) is 0 Å². The second-order valence-corrected chi connectivity index (χ2v) is 7.89. The number of hydrogen-bond acceptors (Lipinski definition) is 6. The second-order valence-electron chi connectivity index (χ2n) is 6.65. The number of anilines is 1. The van der Waals surface area contributed by atoms with Crippen molar-refractivity contribution in [3.8, 4) is 5.82 Å². The third kappa shape index (κ3) is 4.85. The molecule has 0 bridgehead atoms. The van der Waals surface area contributed by atoms with Crippen LogP contribution in [0.3, 0.4) is 0 Å². The van der Waals surface area contributed by atoms with Crippen LogP contribution in [0.2, 0.25) is 0 Å². The molecule has 1 aromatic carbocycles. The molecule has 31 heavy (non-hydrogen) atoms. The molecule has 0 saturated heterocycles. The van der Waals surface area contributed by atoms with Gasteiger partial charge in [-0.2, -0.15) is 18.3 Å². The summed E-state index contributed by atoms with van der Waals surface area (Å²) in [4.78, 5) is 33.1. The minimum atomic E-state index is -4.50. The Kier molecular flexibility index (Phi) is 5.63. The van der Waals surface area contributed by atoms with Gasteiger partial charge in [-0.3, -0.25) is 9.59 Å². The summed E-state index contributed by atoms with van der Waals surface area (Å²) in [5.74, 6) is -0.288. The summed E-state index contributed by atoms with van der Waals surface area (Å²) in [5, 5.41) is 8.41. The highest BCUT2D eigenvalue weighted by Gasteiger charge is 2.34. The standard InChI is InChI=1S/C19H15F3N6O2S/c20-19(21,22)12-2-3-14-13(5-12)27-18(30)15(31-14)6-17(29)25-8-11-1-4-16(24-7-11)28-10-23-9-26-28/h1-5,7,9-10,15H,6,8H2,(H,25,29)(H,27,30). The number of nitrogens with one attached hydrogen (secondary N) is 2. The lowest BCUT2D eigenvalue weighted by Crippen LogP contribution is -2.34. The minimum absolute atomic E-state index is 0.0972. The number of amides is 2. The summed E-state index contributed by atoms with van der Waals surface area (Å²) >= 11 is 1.07. The van der Waals surface area contributed by atoms with E-state index in [-0.39, 0.29) is 24.6 Å². The van der Waals surface area contributed by atoms with Crippen LogP contribution in [-0.2, 0) is 22.3 Å². The summed E-state index contributed by atoms with van der Waals surface area (Å²) < 4.78 is 40.0. The molecule has 8 nitrogen and oxygen atoms in total. The Morgan fingerprint density at radius 2 is 2.10 bits per heavy atom. The molecule has 1 atom stereocenters. The van der Waals surface area contributed by atoms with Crippen molar-refractivity contribution in [2.45, 2.75) is 29.3 Å². The molecular formula is C19H15F3N6O2S. The predicted octanol–water partition coefficient (Wildman–Crippen LogP) is 2.80. The third-order valence-corrected chi connectivity index (χ3v) is 5.72. The molecular weight excluding hydrogens is 433 g/mol. The Balaban J connectivity index is 1.33. The van der Waals surface area contributed by atoms with Crippen molar-refractivity contribution >= 4 is 29.3 Å². The lowest BCUT2D eigenvalue weighted by atomic mass is 10.1. The third-order valence-electron chi connectivity index (χ3n) is 4.45. The van der Waals surface area contributed by atoms with E-state index in [1.54, 1.807) is 18.3 Å². The normalized spacial score (nSPS) is 15.8. The maximum Gasteiger partial charge on any atom is 0.416 e. The number of nitrogens with zero attached hydrogens (tertiary/aromatic N) is 4. The number of aromatic nitrogens is 4. The van der Waals surface area contributed by atoms with Crippen LogP contribution in [0.4, 0.5) is 18.9 Å². The van der Waals surface area contributed by atoms with Crippen LogP contribution < -0.4 is 10.6 Å². The van der Waals surface area contributed by atoms with Crippen molar-refractivity contribution in [1.29, 1.82) is 0 Å². The average molecular weight is 448 g/mol. The van der Waals surface area contributed by atoms with Gasteiger partial charge in [0, 0.05) is 24.1 Å². The zero-order valence-electron chi connectivity index (χ0n) is 15.8. The van der Waals surface area contributed by atoms with Crippen LogP contribution in [0.5, 0.6) is 0 Å². The highest BCUT2D eigenvalue weighted by Crippen LogP contribution is 2.40. The Morgan fingerprint density at radius 1 is 1.26 bits per heavy atom. The molecule has 2 N–H and O–H groups in total. The summed E-state index contributed by atoms with van der Waals surface area (Å²) in [6, 6.07) is 6.66. The molecule has 0 spiro atoms. The fraction of sp³-hybridized carbons (Fsp3) is 0.211. The van der Waals surface area contributed by atoms with Crippen molar-refractivity contribution in [1.82, 2.24) is 25.1 Å². The van der Waals surface area contributed by atoms with Crippen LogP contribution >= 0.6 is 11.8 Å². The van der Waals surface area contributed by atoms with Crippen LogP contribution in [0.1, 0.15) is 17.5 Å². The van der Waals surface area contributed by atoms with E-state index in [9.17, 15) is 22.8 Å². The zero-order chi connectivity index (χ0) is 22.0. The van der Waals surface area contributed by atoms with Crippen LogP contribution in [0.15, 0.2) is 54.1 Å². The number of fused-ring (bicyclic) bond motifs is 1. The molecule has 160 valence electrons. The molecule has 2 amide bonds. The molecule has 0 saturated carbocycles. The predicted molar refractivity (Wildman–Crippen MR) is 105 cm³/mol. The fourth-order valence-corrected chi connectivity index (χ4v) is 3.98. The largest absolute Gasteiger partial charge is 0.416 e. The molecule has 4 rings (SSSR count). The van der Waals surface area contributed by atoms with Crippen LogP contribution in [0.25, 0.3) is 5.82 Å². The first-order chi connectivity index (χ1) is 14.8. The molecule has 0 fully saturated rings. The van der Waals surface area contributed by atoms with E-state index in [1.807, 2.05) is 0 Å².